The maximum atomic E-state index is 11.6. The summed E-state index contributed by atoms with van der Waals surface area (Å²) in [4.78, 5) is 21.7. The zero-order valence-electron chi connectivity index (χ0n) is 8.21. The highest BCUT2D eigenvalue weighted by Gasteiger charge is 2.65. The lowest BCUT2D eigenvalue weighted by Crippen LogP contribution is -2.55. The van der Waals surface area contributed by atoms with Gasteiger partial charge in [0.2, 0.25) is 0 Å². The molecule has 0 radical (unpaired) electrons. The predicted octanol–water partition coefficient (Wildman–Crippen LogP) is 1.68. The Morgan fingerprint density at radius 1 is 1.50 bits per heavy atom. The number of aliphatic carboxylic acids is 1. The SMILES string of the molecule is CC1(C(=O)O)CC2C(=O)C(C)(Cl)C2C1. The van der Waals surface area contributed by atoms with Crippen LogP contribution in [0.25, 0.3) is 0 Å². The number of fused-ring (bicyclic) bond motifs is 1. The van der Waals surface area contributed by atoms with Gasteiger partial charge in [0.05, 0.1) is 5.41 Å². The number of rotatable bonds is 1. The molecule has 2 aliphatic rings. The second-order valence-corrected chi connectivity index (χ2v) is 5.71. The molecule has 0 aromatic rings. The van der Waals surface area contributed by atoms with Gasteiger partial charge in [-0.05, 0) is 32.6 Å². The second kappa shape index (κ2) is 2.51. The van der Waals surface area contributed by atoms with E-state index in [2.05, 4.69) is 0 Å². The van der Waals surface area contributed by atoms with Gasteiger partial charge >= 0.3 is 5.97 Å². The molecule has 2 rings (SSSR count). The Kier molecular flexibility index (Phi) is 1.79. The fourth-order valence-corrected chi connectivity index (χ4v) is 3.18. The quantitative estimate of drug-likeness (QED) is 0.679. The molecule has 4 heteroatoms. The zero-order chi connectivity index (χ0) is 10.7. The Morgan fingerprint density at radius 2 is 2.07 bits per heavy atom. The van der Waals surface area contributed by atoms with Gasteiger partial charge in [-0.1, -0.05) is 0 Å². The third-order valence-corrected chi connectivity index (χ3v) is 4.32. The summed E-state index contributed by atoms with van der Waals surface area (Å²) in [5.74, 6) is -0.849. The molecule has 4 unspecified atom stereocenters. The van der Waals surface area contributed by atoms with Crippen LogP contribution < -0.4 is 0 Å². The van der Waals surface area contributed by atoms with Crippen molar-refractivity contribution < 1.29 is 14.7 Å². The van der Waals surface area contributed by atoms with Crippen LogP contribution in [-0.2, 0) is 9.59 Å². The van der Waals surface area contributed by atoms with Gasteiger partial charge in [-0.2, -0.15) is 0 Å². The van der Waals surface area contributed by atoms with Crippen LogP contribution >= 0.6 is 11.6 Å². The lowest BCUT2D eigenvalue weighted by atomic mass is 9.66. The number of hydrogen-bond acceptors (Lipinski definition) is 2. The molecule has 3 nitrogen and oxygen atoms in total. The number of halogens is 1. The first-order chi connectivity index (χ1) is 6.29. The van der Waals surface area contributed by atoms with E-state index >= 15 is 0 Å². The number of carbonyl (C=O) groups excluding carboxylic acids is 1. The smallest absolute Gasteiger partial charge is 0.309 e. The Bertz CT molecular complexity index is 323. The van der Waals surface area contributed by atoms with Gasteiger partial charge in [0.15, 0.2) is 5.78 Å². The number of ketones is 1. The van der Waals surface area contributed by atoms with Gasteiger partial charge in [0.1, 0.15) is 4.87 Å². The monoisotopic (exact) mass is 216 g/mol. The van der Waals surface area contributed by atoms with Crippen molar-refractivity contribution in [1.29, 1.82) is 0 Å². The minimum Gasteiger partial charge on any atom is -0.481 e. The maximum absolute atomic E-state index is 11.6. The number of carboxylic acids is 1. The fourth-order valence-electron chi connectivity index (χ4n) is 2.81. The number of hydrogen-bond donors (Lipinski definition) is 1. The summed E-state index contributed by atoms with van der Waals surface area (Å²) in [6, 6.07) is 0. The van der Waals surface area contributed by atoms with Gasteiger partial charge in [-0.15, -0.1) is 11.6 Å². The van der Waals surface area contributed by atoms with E-state index in [0.717, 1.165) is 0 Å². The third kappa shape index (κ3) is 0.991. The molecule has 0 aliphatic heterocycles. The molecular formula is C10H13ClO3. The van der Waals surface area contributed by atoms with Gasteiger partial charge in [-0.25, -0.2) is 0 Å². The lowest BCUT2D eigenvalue weighted by Gasteiger charge is -2.43. The minimum absolute atomic E-state index is 0.0224. The summed E-state index contributed by atoms with van der Waals surface area (Å²) in [6.45, 7) is 3.40. The van der Waals surface area contributed by atoms with Gasteiger partial charge < -0.3 is 5.11 Å². The van der Waals surface area contributed by atoms with E-state index in [1.165, 1.54) is 0 Å². The fraction of sp³-hybridized carbons (Fsp3) is 0.800. The van der Waals surface area contributed by atoms with E-state index < -0.39 is 16.3 Å². The molecular weight excluding hydrogens is 204 g/mol. The van der Waals surface area contributed by atoms with Crippen molar-refractivity contribution in [1.82, 2.24) is 0 Å². The van der Waals surface area contributed by atoms with Crippen molar-refractivity contribution in [3.05, 3.63) is 0 Å². The molecule has 2 saturated carbocycles. The van der Waals surface area contributed by atoms with Crippen LogP contribution in [0.3, 0.4) is 0 Å². The Morgan fingerprint density at radius 3 is 2.50 bits per heavy atom. The Hall–Kier alpha value is -0.570. The van der Waals surface area contributed by atoms with Crippen LogP contribution in [0.2, 0.25) is 0 Å². The molecule has 0 spiro atoms. The molecule has 1 N–H and O–H groups in total. The van der Waals surface area contributed by atoms with E-state index in [4.69, 9.17) is 16.7 Å². The van der Waals surface area contributed by atoms with Crippen LogP contribution in [0.4, 0.5) is 0 Å². The highest BCUT2D eigenvalue weighted by molar-refractivity contribution is 6.38. The topological polar surface area (TPSA) is 54.4 Å². The molecule has 78 valence electrons. The van der Waals surface area contributed by atoms with Crippen LogP contribution in [0, 0.1) is 17.3 Å². The Balaban J connectivity index is 2.24. The van der Waals surface area contributed by atoms with Gasteiger partial charge in [0, 0.05) is 5.92 Å². The molecule has 0 amide bonds. The van der Waals surface area contributed by atoms with Crippen molar-refractivity contribution in [3.63, 3.8) is 0 Å². The second-order valence-electron chi connectivity index (χ2n) is 4.93. The van der Waals surface area contributed by atoms with Crippen molar-refractivity contribution in [2.45, 2.75) is 31.6 Å². The van der Waals surface area contributed by atoms with Crippen molar-refractivity contribution >= 4 is 23.4 Å². The van der Waals surface area contributed by atoms with Gasteiger partial charge in [0.25, 0.3) is 0 Å². The highest BCUT2D eigenvalue weighted by atomic mass is 35.5. The number of alkyl halides is 1. The predicted molar refractivity (Wildman–Crippen MR) is 51.2 cm³/mol. The number of carboxylic acid groups (broad SMARTS) is 1. The first-order valence-corrected chi connectivity index (χ1v) is 5.13. The van der Waals surface area contributed by atoms with Crippen LogP contribution in [0.5, 0.6) is 0 Å². The number of Topliss-reactive ketones (excluding diaryl/α,β-unsaturated/α-hetero) is 1. The van der Waals surface area contributed by atoms with E-state index in [1.54, 1.807) is 13.8 Å². The maximum Gasteiger partial charge on any atom is 0.309 e. The lowest BCUT2D eigenvalue weighted by molar-refractivity contribution is -0.147. The Labute approximate surface area is 87.4 Å². The van der Waals surface area contributed by atoms with Crippen molar-refractivity contribution in [3.8, 4) is 0 Å². The molecule has 4 atom stereocenters. The van der Waals surface area contributed by atoms with Crippen LogP contribution in [0.15, 0.2) is 0 Å². The average molecular weight is 217 g/mol. The van der Waals surface area contributed by atoms with Crippen molar-refractivity contribution in [2.75, 3.05) is 0 Å². The molecule has 0 aromatic heterocycles. The van der Waals surface area contributed by atoms with Gasteiger partial charge in [-0.3, -0.25) is 9.59 Å². The summed E-state index contributed by atoms with van der Waals surface area (Å²) >= 11 is 6.05. The van der Waals surface area contributed by atoms with E-state index in [9.17, 15) is 9.59 Å². The zero-order valence-corrected chi connectivity index (χ0v) is 8.97. The molecule has 0 aromatic carbocycles. The van der Waals surface area contributed by atoms with E-state index in [0.29, 0.717) is 12.8 Å². The van der Waals surface area contributed by atoms with Crippen LogP contribution in [-0.4, -0.2) is 21.7 Å². The minimum atomic E-state index is -0.813. The highest BCUT2D eigenvalue weighted by Crippen LogP contribution is 2.60. The largest absolute Gasteiger partial charge is 0.481 e. The standard InChI is InChI=1S/C10H13ClO3/c1-9(8(13)14)3-5-6(4-9)10(2,11)7(5)12/h5-6H,3-4H2,1-2H3,(H,13,14). The third-order valence-electron chi connectivity index (χ3n) is 3.86. The molecule has 2 fully saturated rings. The summed E-state index contributed by atoms with van der Waals surface area (Å²) in [7, 11) is 0. The first-order valence-electron chi connectivity index (χ1n) is 4.76. The average Bonchev–Trinajstić information content (AvgIpc) is 2.43. The summed E-state index contributed by atoms with van der Waals surface area (Å²) in [6.07, 6.45) is 0.979. The van der Waals surface area contributed by atoms with Crippen LogP contribution in [0.1, 0.15) is 26.7 Å². The molecule has 0 bridgehead atoms. The first kappa shape index (κ1) is 9.97. The van der Waals surface area contributed by atoms with E-state index in [-0.39, 0.29) is 17.6 Å². The normalized spacial score (nSPS) is 51.2. The number of carbonyl (C=O) groups is 2. The molecule has 0 saturated heterocycles. The molecule has 2 aliphatic carbocycles. The summed E-state index contributed by atoms with van der Waals surface area (Å²) in [5.41, 5.74) is -0.752. The van der Waals surface area contributed by atoms with Crippen molar-refractivity contribution in [2.24, 2.45) is 17.3 Å². The molecule has 0 heterocycles. The van der Waals surface area contributed by atoms with E-state index in [1.807, 2.05) is 0 Å². The summed E-state index contributed by atoms with van der Waals surface area (Å²) in [5, 5.41) is 9.04. The molecule has 14 heavy (non-hydrogen) atoms. The summed E-state index contributed by atoms with van der Waals surface area (Å²) < 4.78 is 0.